The van der Waals surface area contributed by atoms with E-state index in [2.05, 4.69) is 32.4 Å². The Morgan fingerprint density at radius 2 is 1.82 bits per heavy atom. The number of hydrogen-bond donors (Lipinski definition) is 3. The van der Waals surface area contributed by atoms with Crippen LogP contribution in [-0.4, -0.2) is 133 Å². The van der Waals surface area contributed by atoms with Gasteiger partial charge in [0.05, 0.1) is 37.6 Å². The third-order valence-electron chi connectivity index (χ3n) is 11.1. The van der Waals surface area contributed by atoms with E-state index in [4.69, 9.17) is 44.7 Å². The minimum Gasteiger partial charge on any atom is -0.491 e. The zero-order chi connectivity index (χ0) is 44.3. The molecule has 2 saturated heterocycles. The lowest BCUT2D eigenvalue weighted by Gasteiger charge is -2.36. The number of rotatable bonds is 16. The molecule has 1 aliphatic carbocycles. The fraction of sp³-hybridized carbons (Fsp3) is 0.614. The first kappa shape index (κ1) is 45.9. The van der Waals surface area contributed by atoms with Gasteiger partial charge in [0.25, 0.3) is 6.01 Å². The largest absolute Gasteiger partial charge is 0.491 e. The van der Waals surface area contributed by atoms with Crippen LogP contribution in [0.5, 0.6) is 11.5 Å². The number of halogens is 1. The molecular weight excluding hydrogens is 806 g/mol. The van der Waals surface area contributed by atoms with Crippen LogP contribution >= 0.6 is 11.6 Å². The molecule has 0 spiro atoms. The van der Waals surface area contributed by atoms with Crippen LogP contribution in [-0.2, 0) is 23.8 Å². The first-order chi connectivity index (χ1) is 28.8. The van der Waals surface area contributed by atoms with Gasteiger partial charge < -0.3 is 44.1 Å². The molecule has 0 radical (unpaired) electrons. The van der Waals surface area contributed by atoms with Gasteiger partial charge >= 0.3 is 12.1 Å². The molecule has 2 aromatic heterocycles. The van der Waals surface area contributed by atoms with Gasteiger partial charge in [-0.05, 0) is 58.6 Å². The summed E-state index contributed by atoms with van der Waals surface area (Å²) in [5.41, 5.74) is -0.985. The molecule has 6 rings (SSSR count). The topological polar surface area (TPSA) is 179 Å². The molecule has 5 unspecified atom stereocenters. The van der Waals surface area contributed by atoms with E-state index >= 15 is 0 Å². The highest BCUT2D eigenvalue weighted by atomic mass is 35.5. The SMILES string of the molecule is C=CC1CC1(NC(=O)C1CC(Oc2cc(-c3coc(NC(C)C)n3)nc3c(Cl)c(OCCN4CCOCC4)ccc23)CN1CC(NC(=O)OC(C)(C)C)C(C)(C)C)C(=O)OC. The van der Waals surface area contributed by atoms with Crippen molar-refractivity contribution in [3.8, 4) is 22.9 Å². The molecule has 4 heterocycles. The fourth-order valence-corrected chi connectivity index (χ4v) is 7.93. The van der Waals surface area contributed by atoms with E-state index in [1.807, 2.05) is 51.7 Å². The van der Waals surface area contributed by atoms with Crippen LogP contribution in [0.2, 0.25) is 5.02 Å². The number of nitrogens with one attached hydrogen (secondary N) is 3. The number of hydrogen-bond acceptors (Lipinski definition) is 14. The molecule has 17 heteroatoms. The van der Waals surface area contributed by atoms with Gasteiger partial charge in [0.2, 0.25) is 5.91 Å². The van der Waals surface area contributed by atoms with Crippen LogP contribution in [0, 0.1) is 11.3 Å². The maximum Gasteiger partial charge on any atom is 0.407 e. The highest BCUT2D eigenvalue weighted by Crippen LogP contribution is 2.46. The molecule has 3 N–H and O–H groups in total. The molecule has 1 saturated carbocycles. The number of oxazole rings is 1. The molecule has 3 aliphatic rings. The molecule has 2 aliphatic heterocycles. The second kappa shape index (κ2) is 18.8. The van der Waals surface area contributed by atoms with Gasteiger partial charge in [-0.1, -0.05) is 38.4 Å². The van der Waals surface area contributed by atoms with E-state index in [-0.39, 0.29) is 30.8 Å². The predicted molar refractivity (Wildman–Crippen MR) is 232 cm³/mol. The molecule has 3 aromatic rings. The van der Waals surface area contributed by atoms with Gasteiger partial charge in [-0.15, -0.1) is 6.58 Å². The Kier molecular flexibility index (Phi) is 14.1. The summed E-state index contributed by atoms with van der Waals surface area (Å²) in [6.45, 7) is 24.1. The van der Waals surface area contributed by atoms with Gasteiger partial charge in [-0.25, -0.2) is 14.6 Å². The monoisotopic (exact) mass is 867 g/mol. The number of aromatic nitrogens is 2. The Bertz CT molecular complexity index is 2060. The average molecular weight is 868 g/mol. The molecule has 5 atom stereocenters. The van der Waals surface area contributed by atoms with E-state index in [0.29, 0.717) is 77.6 Å². The highest BCUT2D eigenvalue weighted by molar-refractivity contribution is 6.36. The number of amides is 2. The first-order valence-corrected chi connectivity index (χ1v) is 21.4. The molecule has 0 bridgehead atoms. The van der Waals surface area contributed by atoms with Crippen LogP contribution in [0.15, 0.2) is 41.5 Å². The minimum absolute atomic E-state index is 0.0827. The Hall–Kier alpha value is -4.64. The molecule has 334 valence electrons. The zero-order valence-electron chi connectivity index (χ0n) is 36.9. The smallest absolute Gasteiger partial charge is 0.407 e. The fourth-order valence-electron chi connectivity index (χ4n) is 7.67. The van der Waals surface area contributed by atoms with Crippen molar-refractivity contribution in [3.63, 3.8) is 0 Å². The number of likely N-dealkylation sites (tertiary alicyclic amines) is 1. The average Bonchev–Trinajstić information content (AvgIpc) is 3.46. The Morgan fingerprint density at radius 3 is 2.46 bits per heavy atom. The lowest BCUT2D eigenvalue weighted by molar-refractivity contribution is -0.147. The predicted octanol–water partition coefficient (Wildman–Crippen LogP) is 6.07. The number of anilines is 1. The normalized spacial score (nSPS) is 22.7. The summed E-state index contributed by atoms with van der Waals surface area (Å²) in [7, 11) is 1.30. The van der Waals surface area contributed by atoms with Gasteiger partial charge in [-0.2, -0.15) is 4.98 Å². The molecule has 2 amide bonds. The second-order valence-electron chi connectivity index (χ2n) is 18.4. The van der Waals surface area contributed by atoms with Gasteiger partial charge in [-0.3, -0.25) is 14.6 Å². The number of nitrogens with zero attached hydrogens (tertiary/aromatic N) is 4. The van der Waals surface area contributed by atoms with Crippen LogP contribution in [0.3, 0.4) is 0 Å². The van der Waals surface area contributed by atoms with Crippen molar-refractivity contribution in [2.45, 2.75) is 104 Å². The lowest BCUT2D eigenvalue weighted by Crippen LogP contribution is -2.56. The number of morpholine rings is 1. The van der Waals surface area contributed by atoms with Crippen LogP contribution in [0.4, 0.5) is 10.8 Å². The molecular formula is C44H62ClN7O9. The number of ether oxygens (including phenoxy) is 5. The summed E-state index contributed by atoms with van der Waals surface area (Å²) >= 11 is 7.10. The van der Waals surface area contributed by atoms with E-state index in [1.54, 1.807) is 32.9 Å². The van der Waals surface area contributed by atoms with Crippen molar-refractivity contribution in [2.75, 3.05) is 65.0 Å². The quantitative estimate of drug-likeness (QED) is 0.112. The number of pyridine rings is 1. The summed E-state index contributed by atoms with van der Waals surface area (Å²) in [6, 6.07) is 4.70. The minimum atomic E-state index is -1.20. The summed E-state index contributed by atoms with van der Waals surface area (Å²) in [5, 5.41) is 10.2. The van der Waals surface area contributed by atoms with Crippen LogP contribution in [0.1, 0.15) is 68.2 Å². The molecule has 16 nitrogen and oxygen atoms in total. The van der Waals surface area contributed by atoms with Crippen LogP contribution in [0.25, 0.3) is 22.3 Å². The number of methoxy groups -OCH3 is 1. The molecule has 61 heavy (non-hydrogen) atoms. The standard InChI is InChI=1S/C44H62ClN7O9/c1-11-27-22-44(27,39(54)56-10)50-38(53)32-20-28(23-52(32)24-35(42(4,5)6)49-41(55)61-43(7,8)9)60-34-21-30(31-25-59-40(48-31)46-26(2)3)47-37-29(34)12-13-33(36(37)45)58-19-16-51-14-17-57-18-15-51/h11-13,21,25-28,32,35H,1,14-20,22-24H2,2-10H3,(H,46,48)(H,49,55)(H,50,53). The van der Waals surface area contributed by atoms with Crippen molar-refractivity contribution in [1.29, 1.82) is 0 Å². The highest BCUT2D eigenvalue weighted by Gasteiger charge is 2.61. The van der Waals surface area contributed by atoms with Crippen molar-refractivity contribution >= 4 is 46.5 Å². The zero-order valence-corrected chi connectivity index (χ0v) is 37.6. The van der Waals surface area contributed by atoms with Crippen molar-refractivity contribution in [1.82, 2.24) is 30.4 Å². The third-order valence-corrected chi connectivity index (χ3v) is 11.5. The van der Waals surface area contributed by atoms with Crippen molar-refractivity contribution in [2.24, 2.45) is 11.3 Å². The number of alkyl carbamates (subject to hydrolysis) is 1. The van der Waals surface area contributed by atoms with Gasteiger partial charge in [0, 0.05) is 68.6 Å². The van der Waals surface area contributed by atoms with E-state index < -0.39 is 46.8 Å². The van der Waals surface area contributed by atoms with Crippen molar-refractivity contribution in [3.05, 3.63) is 42.1 Å². The number of carbonyl (C=O) groups excluding carboxylic acids is 3. The first-order valence-electron chi connectivity index (χ1n) is 21.0. The third kappa shape index (κ3) is 11.3. The summed E-state index contributed by atoms with van der Waals surface area (Å²) in [6.07, 6.45) is 2.73. The van der Waals surface area contributed by atoms with Crippen molar-refractivity contribution < 1.29 is 42.5 Å². The Balaban J connectivity index is 1.33. The lowest BCUT2D eigenvalue weighted by atomic mass is 9.86. The summed E-state index contributed by atoms with van der Waals surface area (Å²) < 4.78 is 35.1. The number of carbonyl (C=O) groups is 3. The summed E-state index contributed by atoms with van der Waals surface area (Å²) in [4.78, 5) is 54.4. The van der Waals surface area contributed by atoms with Gasteiger partial charge in [0.1, 0.15) is 52.3 Å². The maximum atomic E-state index is 14.4. The number of fused-ring (bicyclic) bond motifs is 1. The second-order valence-corrected chi connectivity index (χ2v) is 18.8. The van der Waals surface area contributed by atoms with Gasteiger partial charge in [0.15, 0.2) is 0 Å². The maximum absolute atomic E-state index is 14.4. The van der Waals surface area contributed by atoms with E-state index in [0.717, 1.165) is 19.6 Å². The number of esters is 1. The summed E-state index contributed by atoms with van der Waals surface area (Å²) in [5.74, 6) is -0.213. The van der Waals surface area contributed by atoms with E-state index in [1.165, 1.54) is 13.4 Å². The van der Waals surface area contributed by atoms with E-state index in [9.17, 15) is 14.4 Å². The number of benzene rings is 1. The Morgan fingerprint density at radius 1 is 1.08 bits per heavy atom. The molecule has 1 aromatic carbocycles. The Labute approximate surface area is 363 Å². The van der Waals surface area contributed by atoms with Crippen LogP contribution < -0.4 is 25.4 Å². The molecule has 3 fully saturated rings.